The first-order chi connectivity index (χ1) is 10.4. The Balaban J connectivity index is 1.81. The molecular weight excluding hydrogens is 278 g/mol. The van der Waals surface area contributed by atoms with Crippen LogP contribution in [0.15, 0.2) is 0 Å². The van der Waals surface area contributed by atoms with Gasteiger partial charge in [0.15, 0.2) is 0 Å². The molecule has 4 nitrogen and oxygen atoms in total. The van der Waals surface area contributed by atoms with Crippen molar-refractivity contribution in [1.29, 1.82) is 0 Å². The maximum absolute atomic E-state index is 12.1. The van der Waals surface area contributed by atoms with Gasteiger partial charge in [-0.15, -0.1) is 0 Å². The van der Waals surface area contributed by atoms with E-state index >= 15 is 0 Å². The van der Waals surface area contributed by atoms with Gasteiger partial charge in [-0.05, 0) is 77.6 Å². The molecule has 4 atom stereocenters. The molecule has 2 fully saturated rings. The Labute approximate surface area is 135 Å². The van der Waals surface area contributed by atoms with Crippen molar-refractivity contribution in [3.63, 3.8) is 0 Å². The van der Waals surface area contributed by atoms with Crippen LogP contribution in [0.25, 0.3) is 0 Å². The minimum absolute atomic E-state index is 0.246. The first-order valence-corrected chi connectivity index (χ1v) is 8.98. The minimum atomic E-state index is -0.422. The zero-order chi connectivity index (χ0) is 16.2. The molecule has 0 aromatic heterocycles. The first kappa shape index (κ1) is 17.6. The molecule has 2 rings (SSSR count). The van der Waals surface area contributed by atoms with Crippen LogP contribution < -0.4 is 5.32 Å². The number of nitrogens with one attached hydrogen (secondary N) is 1. The highest BCUT2D eigenvalue weighted by Crippen LogP contribution is 2.50. The topological polar surface area (TPSA) is 47.6 Å². The molecule has 0 saturated heterocycles. The van der Waals surface area contributed by atoms with Gasteiger partial charge in [0.1, 0.15) is 5.60 Å². The van der Waals surface area contributed by atoms with Crippen molar-refractivity contribution in [1.82, 2.24) is 5.32 Å². The van der Waals surface area contributed by atoms with Crippen molar-refractivity contribution in [2.45, 2.75) is 77.9 Å². The number of hydrogen-bond acceptors (Lipinski definition) is 3. The SMILES string of the molecule is CCOCCCC[C@H]1[C@H]2CC[C@H](C2)[C@@H]1NC(=O)OC(C)(C)C. The average Bonchev–Trinajstić information content (AvgIpc) is 2.98. The molecule has 0 aromatic carbocycles. The van der Waals surface area contributed by atoms with Crippen LogP contribution in [0.4, 0.5) is 4.79 Å². The van der Waals surface area contributed by atoms with Crippen LogP contribution in [-0.2, 0) is 9.47 Å². The van der Waals surface area contributed by atoms with E-state index in [9.17, 15) is 4.79 Å². The molecule has 0 spiro atoms. The fourth-order valence-electron chi connectivity index (χ4n) is 4.22. The second kappa shape index (κ2) is 7.67. The summed E-state index contributed by atoms with van der Waals surface area (Å²) in [7, 11) is 0. The van der Waals surface area contributed by atoms with Crippen molar-refractivity contribution in [3.8, 4) is 0 Å². The number of ether oxygens (including phenoxy) is 2. The summed E-state index contributed by atoms with van der Waals surface area (Å²) in [6, 6.07) is 0.320. The maximum Gasteiger partial charge on any atom is 0.407 e. The zero-order valence-corrected chi connectivity index (χ0v) is 14.7. The third kappa shape index (κ3) is 4.87. The highest BCUT2D eigenvalue weighted by atomic mass is 16.6. The van der Waals surface area contributed by atoms with Gasteiger partial charge in [-0.1, -0.05) is 6.42 Å². The van der Waals surface area contributed by atoms with Gasteiger partial charge < -0.3 is 14.8 Å². The fraction of sp³-hybridized carbons (Fsp3) is 0.944. The first-order valence-electron chi connectivity index (χ1n) is 8.98. The lowest BCUT2D eigenvalue weighted by Gasteiger charge is -2.32. The lowest BCUT2D eigenvalue weighted by Crippen LogP contribution is -2.46. The lowest BCUT2D eigenvalue weighted by molar-refractivity contribution is 0.0457. The van der Waals surface area contributed by atoms with E-state index in [1.165, 1.54) is 32.1 Å². The molecule has 2 aliphatic carbocycles. The number of unbranched alkanes of at least 4 members (excludes halogenated alkanes) is 1. The van der Waals surface area contributed by atoms with Gasteiger partial charge in [0.2, 0.25) is 0 Å². The maximum atomic E-state index is 12.1. The second-order valence-corrected chi connectivity index (χ2v) is 7.86. The Morgan fingerprint density at radius 3 is 2.59 bits per heavy atom. The van der Waals surface area contributed by atoms with Crippen LogP contribution in [0, 0.1) is 17.8 Å². The monoisotopic (exact) mass is 311 g/mol. The van der Waals surface area contributed by atoms with Crippen LogP contribution in [0.1, 0.15) is 66.2 Å². The molecule has 0 aromatic rings. The molecule has 128 valence electrons. The van der Waals surface area contributed by atoms with E-state index in [1.54, 1.807) is 0 Å². The Morgan fingerprint density at radius 2 is 1.91 bits per heavy atom. The number of rotatable bonds is 7. The van der Waals surface area contributed by atoms with E-state index < -0.39 is 5.60 Å². The van der Waals surface area contributed by atoms with Crippen LogP contribution >= 0.6 is 0 Å². The smallest absolute Gasteiger partial charge is 0.407 e. The number of hydrogen-bond donors (Lipinski definition) is 1. The summed E-state index contributed by atoms with van der Waals surface area (Å²) in [6.07, 6.45) is 7.17. The molecule has 1 amide bonds. The third-order valence-corrected chi connectivity index (χ3v) is 5.05. The van der Waals surface area contributed by atoms with Crippen molar-refractivity contribution in [3.05, 3.63) is 0 Å². The number of carbonyl (C=O) groups excluding carboxylic acids is 1. The summed E-state index contributed by atoms with van der Waals surface area (Å²) in [5.41, 5.74) is -0.422. The molecule has 0 unspecified atom stereocenters. The zero-order valence-electron chi connectivity index (χ0n) is 14.7. The van der Waals surface area contributed by atoms with E-state index in [4.69, 9.17) is 9.47 Å². The summed E-state index contributed by atoms with van der Waals surface area (Å²) < 4.78 is 10.9. The normalized spacial score (nSPS) is 30.5. The number of fused-ring (bicyclic) bond motifs is 2. The largest absolute Gasteiger partial charge is 0.444 e. The highest BCUT2D eigenvalue weighted by Gasteiger charge is 2.47. The Morgan fingerprint density at radius 1 is 1.18 bits per heavy atom. The van der Waals surface area contributed by atoms with Crippen LogP contribution in [0.3, 0.4) is 0 Å². The van der Waals surface area contributed by atoms with Gasteiger partial charge in [-0.2, -0.15) is 0 Å². The summed E-state index contributed by atoms with van der Waals surface area (Å²) >= 11 is 0. The number of alkyl carbamates (subject to hydrolysis) is 1. The molecule has 0 heterocycles. The summed E-state index contributed by atoms with van der Waals surface area (Å²) in [4.78, 5) is 12.1. The minimum Gasteiger partial charge on any atom is -0.444 e. The Hall–Kier alpha value is -0.770. The van der Waals surface area contributed by atoms with Gasteiger partial charge >= 0.3 is 6.09 Å². The van der Waals surface area contributed by atoms with E-state index in [1.807, 2.05) is 27.7 Å². The van der Waals surface area contributed by atoms with E-state index in [2.05, 4.69) is 5.32 Å². The fourth-order valence-corrected chi connectivity index (χ4v) is 4.22. The predicted octanol–water partition coefficient (Wildman–Crippen LogP) is 4.13. The van der Waals surface area contributed by atoms with Gasteiger partial charge in [-0.3, -0.25) is 0 Å². The van der Waals surface area contributed by atoms with E-state index in [0.29, 0.717) is 17.9 Å². The third-order valence-electron chi connectivity index (χ3n) is 5.05. The van der Waals surface area contributed by atoms with Crippen molar-refractivity contribution in [2.24, 2.45) is 17.8 Å². The summed E-state index contributed by atoms with van der Waals surface area (Å²) in [5, 5.41) is 3.18. The summed E-state index contributed by atoms with van der Waals surface area (Å²) in [5.74, 6) is 2.10. The van der Waals surface area contributed by atoms with Crippen LogP contribution in [0.5, 0.6) is 0 Å². The number of carbonyl (C=O) groups is 1. The van der Waals surface area contributed by atoms with Crippen molar-refractivity contribution < 1.29 is 14.3 Å². The van der Waals surface area contributed by atoms with Crippen LogP contribution in [-0.4, -0.2) is 30.9 Å². The molecule has 1 N–H and O–H groups in total. The average molecular weight is 311 g/mol. The van der Waals surface area contributed by atoms with Crippen molar-refractivity contribution in [2.75, 3.05) is 13.2 Å². The second-order valence-electron chi connectivity index (χ2n) is 7.86. The molecule has 2 bridgehead atoms. The Kier molecular flexibility index (Phi) is 6.13. The van der Waals surface area contributed by atoms with Gasteiger partial charge in [0, 0.05) is 19.3 Å². The molecule has 0 radical (unpaired) electrons. The van der Waals surface area contributed by atoms with Gasteiger partial charge in [0.05, 0.1) is 0 Å². The van der Waals surface area contributed by atoms with Gasteiger partial charge in [-0.25, -0.2) is 4.79 Å². The predicted molar refractivity (Wildman–Crippen MR) is 87.8 cm³/mol. The molecule has 2 aliphatic rings. The standard InChI is InChI=1S/C18H33NO3/c1-5-21-11-7-6-8-15-13-9-10-14(12-13)16(15)19-17(20)22-18(2,3)4/h13-16H,5-12H2,1-4H3,(H,19,20)/t13-,14+,15-,16-/m0/s1. The summed E-state index contributed by atoms with van der Waals surface area (Å²) in [6.45, 7) is 9.45. The molecule has 2 saturated carbocycles. The van der Waals surface area contributed by atoms with Crippen LogP contribution in [0.2, 0.25) is 0 Å². The highest BCUT2D eigenvalue weighted by molar-refractivity contribution is 5.68. The van der Waals surface area contributed by atoms with E-state index in [-0.39, 0.29) is 6.09 Å². The Bertz CT molecular complexity index is 364. The molecular formula is C18H33NO3. The van der Waals surface area contributed by atoms with Crippen molar-refractivity contribution >= 4 is 6.09 Å². The van der Waals surface area contributed by atoms with E-state index in [0.717, 1.165) is 25.6 Å². The van der Waals surface area contributed by atoms with Gasteiger partial charge in [0.25, 0.3) is 0 Å². The lowest BCUT2D eigenvalue weighted by atomic mass is 9.81. The molecule has 0 aliphatic heterocycles. The quantitative estimate of drug-likeness (QED) is 0.719. The number of amides is 1. The molecule has 22 heavy (non-hydrogen) atoms. The molecule has 4 heteroatoms.